The lowest BCUT2D eigenvalue weighted by Gasteiger charge is -2.23. The Morgan fingerprint density at radius 1 is 1.06 bits per heavy atom. The van der Waals surface area contributed by atoms with E-state index >= 15 is 0 Å². The number of carbonyl (C=O) groups excluding carboxylic acids is 1. The maximum Gasteiger partial charge on any atom is 0.223 e. The van der Waals surface area contributed by atoms with Crippen molar-refractivity contribution in [2.75, 3.05) is 0 Å². The molecule has 1 aromatic heterocycles. The van der Waals surface area contributed by atoms with Crippen LogP contribution in [0.15, 0.2) is 59.8 Å². The van der Waals surface area contributed by atoms with Crippen LogP contribution in [0.25, 0.3) is 5.69 Å². The Morgan fingerprint density at radius 2 is 1.77 bits per heavy atom. The van der Waals surface area contributed by atoms with Crippen molar-refractivity contribution in [1.82, 2.24) is 20.1 Å². The number of hydrogen-bond donors (Lipinski definition) is 1. The highest BCUT2D eigenvalue weighted by Crippen LogP contribution is 2.29. The van der Waals surface area contributed by atoms with Gasteiger partial charge in [-0.2, -0.15) is 0 Å². The van der Waals surface area contributed by atoms with E-state index in [1.54, 1.807) is 11.8 Å². The Balaban J connectivity index is 1.58. The zero-order valence-electron chi connectivity index (χ0n) is 18.3. The second kappa shape index (κ2) is 10.1. The fraction of sp³-hybridized carbons (Fsp3) is 0.400. The molecule has 1 heterocycles. The molecule has 1 N–H and O–H groups in total. The average Bonchev–Trinajstić information content (AvgIpc) is 3.23. The molecule has 4 rings (SSSR count). The maximum atomic E-state index is 12.8. The zero-order chi connectivity index (χ0) is 21.6. The Bertz CT molecular complexity index is 994. The molecule has 3 aromatic rings. The van der Waals surface area contributed by atoms with Crippen LogP contribution in [0.4, 0.5) is 0 Å². The number of nitrogens with zero attached hydrogens (tertiary/aromatic N) is 3. The Morgan fingerprint density at radius 3 is 2.48 bits per heavy atom. The summed E-state index contributed by atoms with van der Waals surface area (Å²) in [4.78, 5) is 12.8. The number of thioether (sulfide) groups is 1. The van der Waals surface area contributed by atoms with Gasteiger partial charge in [0.1, 0.15) is 0 Å². The van der Waals surface area contributed by atoms with E-state index in [0.717, 1.165) is 48.1 Å². The highest BCUT2D eigenvalue weighted by molar-refractivity contribution is 7.98. The van der Waals surface area contributed by atoms with E-state index in [4.69, 9.17) is 0 Å². The number of amides is 1. The predicted molar refractivity (Wildman–Crippen MR) is 125 cm³/mol. The molecular formula is C25H30N4OS. The van der Waals surface area contributed by atoms with Gasteiger partial charge < -0.3 is 5.32 Å². The molecule has 1 amide bonds. The lowest BCUT2D eigenvalue weighted by molar-refractivity contribution is -0.126. The molecule has 2 aromatic carbocycles. The summed E-state index contributed by atoms with van der Waals surface area (Å²) < 4.78 is 2.08. The number of benzene rings is 2. The van der Waals surface area contributed by atoms with E-state index in [2.05, 4.69) is 75.5 Å². The summed E-state index contributed by atoms with van der Waals surface area (Å²) in [6.07, 6.45) is 5.50. The summed E-state index contributed by atoms with van der Waals surface area (Å²) >= 11 is 1.66. The van der Waals surface area contributed by atoms with Crippen LogP contribution in [0.5, 0.6) is 0 Å². The Labute approximate surface area is 188 Å². The monoisotopic (exact) mass is 434 g/mol. The van der Waals surface area contributed by atoms with Gasteiger partial charge in [-0.3, -0.25) is 9.36 Å². The molecule has 1 aliphatic rings. The van der Waals surface area contributed by atoms with Crippen LogP contribution < -0.4 is 5.32 Å². The van der Waals surface area contributed by atoms with Crippen molar-refractivity contribution in [2.45, 2.75) is 62.9 Å². The lowest BCUT2D eigenvalue weighted by atomic mass is 9.88. The fourth-order valence-corrected chi connectivity index (χ4v) is 4.99. The van der Waals surface area contributed by atoms with Gasteiger partial charge in [0.15, 0.2) is 11.0 Å². The van der Waals surface area contributed by atoms with Crippen molar-refractivity contribution in [3.05, 3.63) is 71.5 Å². The molecule has 0 saturated heterocycles. The molecule has 1 fully saturated rings. The van der Waals surface area contributed by atoms with Crippen LogP contribution >= 0.6 is 11.8 Å². The van der Waals surface area contributed by atoms with Gasteiger partial charge in [-0.15, -0.1) is 10.2 Å². The van der Waals surface area contributed by atoms with Gasteiger partial charge in [-0.25, -0.2) is 0 Å². The van der Waals surface area contributed by atoms with Gasteiger partial charge in [-0.1, -0.05) is 79.1 Å². The first kappa shape index (κ1) is 21.6. The van der Waals surface area contributed by atoms with Crippen LogP contribution in [-0.4, -0.2) is 20.7 Å². The number of aromatic nitrogens is 3. The summed E-state index contributed by atoms with van der Waals surface area (Å²) in [6.45, 7) is 4.08. The number of carbonyl (C=O) groups is 1. The quantitative estimate of drug-likeness (QED) is 0.490. The van der Waals surface area contributed by atoms with E-state index in [-0.39, 0.29) is 17.9 Å². The summed E-state index contributed by atoms with van der Waals surface area (Å²) in [6, 6.07) is 18.5. The first-order chi connectivity index (χ1) is 15.1. The van der Waals surface area contributed by atoms with Crippen molar-refractivity contribution >= 4 is 17.7 Å². The van der Waals surface area contributed by atoms with E-state index < -0.39 is 0 Å². The Hall–Kier alpha value is -2.60. The average molecular weight is 435 g/mol. The summed E-state index contributed by atoms with van der Waals surface area (Å²) in [5.74, 6) is 1.85. The molecular weight excluding hydrogens is 404 g/mol. The number of nitrogens with one attached hydrogen (secondary N) is 1. The van der Waals surface area contributed by atoms with Gasteiger partial charge in [0.05, 0.1) is 6.04 Å². The minimum Gasteiger partial charge on any atom is -0.346 e. The molecule has 0 radical (unpaired) electrons. The van der Waals surface area contributed by atoms with E-state index in [9.17, 15) is 4.79 Å². The molecule has 5 nitrogen and oxygen atoms in total. The van der Waals surface area contributed by atoms with Crippen LogP contribution in [0.3, 0.4) is 0 Å². The smallest absolute Gasteiger partial charge is 0.223 e. The first-order valence-electron chi connectivity index (χ1n) is 11.1. The van der Waals surface area contributed by atoms with Crippen molar-refractivity contribution in [3.63, 3.8) is 0 Å². The van der Waals surface area contributed by atoms with Gasteiger partial charge >= 0.3 is 0 Å². The Kier molecular flexibility index (Phi) is 7.07. The van der Waals surface area contributed by atoms with Crippen LogP contribution in [-0.2, 0) is 10.5 Å². The van der Waals surface area contributed by atoms with Crippen LogP contribution in [0.1, 0.15) is 62.0 Å². The molecule has 0 bridgehead atoms. The molecule has 6 heteroatoms. The molecule has 1 saturated carbocycles. The molecule has 162 valence electrons. The normalized spacial score (nSPS) is 15.5. The molecule has 0 aliphatic heterocycles. The van der Waals surface area contributed by atoms with Crippen LogP contribution in [0.2, 0.25) is 0 Å². The van der Waals surface area contributed by atoms with E-state index in [1.165, 1.54) is 17.5 Å². The third kappa shape index (κ3) is 5.37. The van der Waals surface area contributed by atoms with Gasteiger partial charge in [0.25, 0.3) is 0 Å². The predicted octanol–water partition coefficient (Wildman–Crippen LogP) is 5.63. The largest absolute Gasteiger partial charge is 0.346 e. The second-order valence-corrected chi connectivity index (χ2v) is 9.29. The minimum absolute atomic E-state index is 0.124. The minimum atomic E-state index is -0.214. The lowest BCUT2D eigenvalue weighted by Crippen LogP contribution is -2.34. The molecule has 1 unspecified atom stereocenters. The summed E-state index contributed by atoms with van der Waals surface area (Å²) in [5, 5.41) is 13.0. The van der Waals surface area contributed by atoms with Gasteiger partial charge in [-0.05, 0) is 44.4 Å². The fourth-order valence-electron chi connectivity index (χ4n) is 4.07. The van der Waals surface area contributed by atoms with E-state index in [1.807, 2.05) is 13.0 Å². The summed E-state index contributed by atoms with van der Waals surface area (Å²) in [5.41, 5.74) is 3.46. The van der Waals surface area contributed by atoms with Crippen molar-refractivity contribution in [3.8, 4) is 5.69 Å². The SMILES string of the molecule is Cc1ccc(-n2c(SCc3ccccc3)nnc2C(C)NC(=O)C2CCCCC2)cc1. The number of hydrogen-bond acceptors (Lipinski definition) is 4. The van der Waals surface area contributed by atoms with Gasteiger partial charge in [0.2, 0.25) is 5.91 Å². The van der Waals surface area contributed by atoms with Crippen molar-refractivity contribution in [1.29, 1.82) is 0 Å². The third-order valence-electron chi connectivity index (χ3n) is 5.88. The number of aryl methyl sites for hydroxylation is 1. The summed E-state index contributed by atoms with van der Waals surface area (Å²) in [7, 11) is 0. The highest BCUT2D eigenvalue weighted by Gasteiger charge is 2.25. The van der Waals surface area contributed by atoms with Crippen molar-refractivity contribution in [2.24, 2.45) is 5.92 Å². The molecule has 1 atom stereocenters. The number of rotatable bonds is 7. The van der Waals surface area contributed by atoms with Crippen LogP contribution in [0, 0.1) is 12.8 Å². The van der Waals surface area contributed by atoms with E-state index in [0.29, 0.717) is 0 Å². The standard InChI is InChI=1S/C25H30N4OS/c1-18-13-15-22(16-14-18)29-23(19(2)26-24(30)21-11-7-4-8-12-21)27-28-25(29)31-17-20-9-5-3-6-10-20/h3,5-6,9-10,13-16,19,21H,4,7-8,11-12,17H2,1-2H3,(H,26,30). The molecule has 0 spiro atoms. The molecule has 31 heavy (non-hydrogen) atoms. The zero-order valence-corrected chi connectivity index (χ0v) is 19.1. The maximum absolute atomic E-state index is 12.8. The highest BCUT2D eigenvalue weighted by atomic mass is 32.2. The van der Waals surface area contributed by atoms with Gasteiger partial charge in [0, 0.05) is 17.4 Å². The topological polar surface area (TPSA) is 59.8 Å². The second-order valence-electron chi connectivity index (χ2n) is 8.35. The first-order valence-corrected chi connectivity index (χ1v) is 12.1. The van der Waals surface area contributed by atoms with Crippen molar-refractivity contribution < 1.29 is 4.79 Å². The molecule has 1 aliphatic carbocycles. The third-order valence-corrected chi connectivity index (χ3v) is 6.88.